The summed E-state index contributed by atoms with van der Waals surface area (Å²) in [6, 6.07) is 0. The van der Waals surface area contributed by atoms with Gasteiger partial charge in [-0.3, -0.25) is 0 Å². The molecule has 0 fully saturated rings. The van der Waals surface area contributed by atoms with E-state index >= 15 is 0 Å². The van der Waals surface area contributed by atoms with E-state index in [-0.39, 0.29) is 5.19 Å². The van der Waals surface area contributed by atoms with Crippen LogP contribution in [0.3, 0.4) is 0 Å². The first-order chi connectivity index (χ1) is 8.45. The zero-order valence-corrected chi connectivity index (χ0v) is 10.4. The number of alkyl halides is 4. The fraction of sp³-hybridized carbons (Fsp3) is 0.778. The molecule has 1 aromatic heterocycles. The van der Waals surface area contributed by atoms with E-state index in [2.05, 4.69) is 20.3 Å². The lowest BCUT2D eigenvalue weighted by molar-refractivity contribution is -0.148. The fourth-order valence-corrected chi connectivity index (χ4v) is 1.62. The van der Waals surface area contributed by atoms with Gasteiger partial charge in [-0.2, -0.15) is 8.78 Å². The van der Waals surface area contributed by atoms with Crippen molar-refractivity contribution >= 4 is 11.3 Å². The average molecular weight is 287 g/mol. The van der Waals surface area contributed by atoms with Crippen LogP contribution in [0.4, 0.5) is 17.6 Å². The molecule has 104 valence electrons. The lowest BCUT2D eigenvalue weighted by Crippen LogP contribution is -2.33. The van der Waals surface area contributed by atoms with Crippen LogP contribution >= 0.6 is 11.3 Å². The Hall–Kier alpha value is -0.960. The number of hydrogen-bond donors (Lipinski definition) is 1. The van der Waals surface area contributed by atoms with Crippen molar-refractivity contribution in [3.63, 3.8) is 0 Å². The molecule has 1 heterocycles. The van der Waals surface area contributed by atoms with Gasteiger partial charge in [0, 0.05) is 6.54 Å². The minimum Gasteiger partial charge on any atom is -0.462 e. The van der Waals surface area contributed by atoms with Gasteiger partial charge in [0.15, 0.2) is 6.61 Å². The van der Waals surface area contributed by atoms with Crippen molar-refractivity contribution in [3.8, 4) is 5.19 Å². The maximum Gasteiger partial charge on any atom is 0.340 e. The number of ether oxygens (including phenoxy) is 1. The maximum absolute atomic E-state index is 12.6. The van der Waals surface area contributed by atoms with Crippen LogP contribution in [0.1, 0.15) is 18.4 Å². The molecule has 0 amide bonds. The molecule has 0 saturated carbocycles. The molecule has 0 atom stereocenters. The zero-order chi connectivity index (χ0) is 13.6. The SMILES string of the molecule is CCCNCc1nnc(OCC(F)(F)C(F)F)s1. The Morgan fingerprint density at radius 1 is 1.39 bits per heavy atom. The van der Waals surface area contributed by atoms with Gasteiger partial charge < -0.3 is 10.1 Å². The predicted octanol–water partition coefficient (Wildman–Crippen LogP) is 2.32. The van der Waals surface area contributed by atoms with E-state index < -0.39 is 19.0 Å². The highest BCUT2D eigenvalue weighted by atomic mass is 32.1. The average Bonchev–Trinajstić information content (AvgIpc) is 2.75. The van der Waals surface area contributed by atoms with E-state index in [9.17, 15) is 17.6 Å². The van der Waals surface area contributed by atoms with Crippen LogP contribution in [0, 0.1) is 0 Å². The van der Waals surface area contributed by atoms with Gasteiger partial charge in [0.25, 0.3) is 5.19 Å². The Kier molecular flexibility index (Phi) is 5.73. The predicted molar refractivity (Wildman–Crippen MR) is 58.4 cm³/mol. The van der Waals surface area contributed by atoms with Gasteiger partial charge in [-0.05, 0) is 13.0 Å². The first-order valence-electron chi connectivity index (χ1n) is 5.27. The molecular weight excluding hydrogens is 274 g/mol. The van der Waals surface area contributed by atoms with Gasteiger partial charge in [-0.25, -0.2) is 8.78 Å². The third-order valence-corrected chi connectivity index (χ3v) is 2.69. The lowest BCUT2D eigenvalue weighted by atomic mass is 10.4. The standard InChI is InChI=1S/C9H13F4N3OS/c1-2-3-14-4-6-15-16-8(18-6)17-5-9(12,13)7(10)11/h7,14H,2-5H2,1H3. The molecule has 0 saturated heterocycles. The highest BCUT2D eigenvalue weighted by Crippen LogP contribution is 2.25. The largest absolute Gasteiger partial charge is 0.462 e. The van der Waals surface area contributed by atoms with Crippen molar-refractivity contribution in [2.45, 2.75) is 32.2 Å². The molecule has 1 rings (SSSR count). The molecule has 0 aliphatic carbocycles. The molecule has 0 aliphatic rings. The van der Waals surface area contributed by atoms with Gasteiger partial charge in [0.1, 0.15) is 5.01 Å². The Bertz CT molecular complexity index is 361. The van der Waals surface area contributed by atoms with E-state index in [1.54, 1.807) is 0 Å². The van der Waals surface area contributed by atoms with Crippen LogP contribution in [0.2, 0.25) is 0 Å². The van der Waals surface area contributed by atoms with E-state index in [1.807, 2.05) is 6.92 Å². The summed E-state index contributed by atoms with van der Waals surface area (Å²) >= 11 is 0.951. The Labute approximate surface area is 105 Å². The molecule has 9 heteroatoms. The Morgan fingerprint density at radius 3 is 2.72 bits per heavy atom. The topological polar surface area (TPSA) is 47.0 Å². The second-order valence-electron chi connectivity index (χ2n) is 3.49. The minimum absolute atomic E-state index is 0.136. The number of rotatable bonds is 8. The number of halogens is 4. The monoisotopic (exact) mass is 287 g/mol. The first kappa shape index (κ1) is 15.1. The molecule has 1 N–H and O–H groups in total. The molecule has 0 radical (unpaired) electrons. The summed E-state index contributed by atoms with van der Waals surface area (Å²) in [5.74, 6) is -4.17. The van der Waals surface area contributed by atoms with Crippen LogP contribution in [0.15, 0.2) is 0 Å². The second-order valence-corrected chi connectivity index (χ2v) is 4.51. The van der Waals surface area contributed by atoms with E-state index in [0.717, 1.165) is 24.3 Å². The lowest BCUT2D eigenvalue weighted by Gasteiger charge is -2.13. The van der Waals surface area contributed by atoms with Gasteiger partial charge in [-0.1, -0.05) is 18.3 Å². The summed E-state index contributed by atoms with van der Waals surface area (Å²) in [6.45, 7) is 1.83. The Balaban J connectivity index is 2.39. The molecular formula is C9H13F4N3OS. The van der Waals surface area contributed by atoms with Gasteiger partial charge in [0.2, 0.25) is 0 Å². The summed E-state index contributed by atoms with van der Waals surface area (Å²) in [7, 11) is 0. The van der Waals surface area contributed by atoms with Crippen molar-refractivity contribution in [2.24, 2.45) is 0 Å². The summed E-state index contributed by atoms with van der Waals surface area (Å²) in [4.78, 5) is 0. The number of aromatic nitrogens is 2. The molecule has 0 bridgehead atoms. The molecule has 0 aliphatic heterocycles. The van der Waals surface area contributed by atoms with Crippen LogP contribution < -0.4 is 10.1 Å². The zero-order valence-electron chi connectivity index (χ0n) is 9.63. The molecule has 18 heavy (non-hydrogen) atoms. The number of hydrogen-bond acceptors (Lipinski definition) is 5. The van der Waals surface area contributed by atoms with Gasteiger partial charge in [0.05, 0.1) is 0 Å². The van der Waals surface area contributed by atoms with Gasteiger partial charge >= 0.3 is 12.3 Å². The third-order valence-electron chi connectivity index (χ3n) is 1.86. The van der Waals surface area contributed by atoms with Gasteiger partial charge in [-0.15, -0.1) is 10.2 Å². The normalized spacial score (nSPS) is 12.1. The highest BCUT2D eigenvalue weighted by molar-refractivity contribution is 7.13. The van der Waals surface area contributed by atoms with E-state index in [1.165, 1.54) is 0 Å². The summed E-state index contributed by atoms with van der Waals surface area (Å²) < 4.78 is 53.3. The summed E-state index contributed by atoms with van der Waals surface area (Å²) in [5, 5.41) is 10.6. The third kappa shape index (κ3) is 4.73. The highest BCUT2D eigenvalue weighted by Gasteiger charge is 2.42. The summed E-state index contributed by atoms with van der Waals surface area (Å²) in [6.07, 6.45) is -2.81. The van der Waals surface area contributed by atoms with Crippen LogP contribution in [-0.2, 0) is 6.54 Å². The Morgan fingerprint density at radius 2 is 2.11 bits per heavy atom. The van der Waals surface area contributed by atoms with Crippen molar-refractivity contribution in [2.75, 3.05) is 13.2 Å². The minimum atomic E-state index is -4.17. The van der Waals surface area contributed by atoms with Crippen molar-refractivity contribution in [1.82, 2.24) is 15.5 Å². The molecule has 0 unspecified atom stereocenters. The second kappa shape index (κ2) is 6.83. The molecule has 0 spiro atoms. The number of nitrogens with zero attached hydrogens (tertiary/aromatic N) is 2. The van der Waals surface area contributed by atoms with Crippen LogP contribution in [-0.4, -0.2) is 35.7 Å². The first-order valence-corrected chi connectivity index (χ1v) is 6.09. The smallest absolute Gasteiger partial charge is 0.340 e. The molecule has 1 aromatic rings. The summed E-state index contributed by atoms with van der Waals surface area (Å²) in [5.41, 5.74) is 0. The van der Waals surface area contributed by atoms with Crippen LogP contribution in [0.25, 0.3) is 0 Å². The van der Waals surface area contributed by atoms with E-state index in [4.69, 9.17) is 0 Å². The number of nitrogens with one attached hydrogen (secondary N) is 1. The van der Waals surface area contributed by atoms with Crippen LogP contribution in [0.5, 0.6) is 5.19 Å². The molecule has 4 nitrogen and oxygen atoms in total. The fourth-order valence-electron chi connectivity index (χ4n) is 0.961. The molecule has 0 aromatic carbocycles. The van der Waals surface area contributed by atoms with Crippen molar-refractivity contribution in [1.29, 1.82) is 0 Å². The van der Waals surface area contributed by atoms with Crippen molar-refractivity contribution in [3.05, 3.63) is 5.01 Å². The van der Waals surface area contributed by atoms with Crippen molar-refractivity contribution < 1.29 is 22.3 Å². The van der Waals surface area contributed by atoms with E-state index in [0.29, 0.717) is 11.6 Å². The quantitative estimate of drug-likeness (QED) is 0.589. The maximum atomic E-state index is 12.6.